The molecule has 1 rings (SSSR count). The summed E-state index contributed by atoms with van der Waals surface area (Å²) in [5.41, 5.74) is 1.01. The monoisotopic (exact) mass is 136 g/mol. The lowest BCUT2D eigenvalue weighted by atomic mass is 9.84. The van der Waals surface area contributed by atoms with Gasteiger partial charge >= 0.3 is 0 Å². The van der Waals surface area contributed by atoms with E-state index in [1.165, 1.54) is 5.57 Å². The fourth-order valence-corrected chi connectivity index (χ4v) is 0.926. The van der Waals surface area contributed by atoms with Crippen molar-refractivity contribution in [1.82, 2.24) is 0 Å². The normalized spacial score (nSPS) is 31.6. The smallest absolute Gasteiger partial charge is 0.129 e. The third-order valence-electron chi connectivity index (χ3n) is 1.86. The second-order valence-electron chi connectivity index (χ2n) is 3.11. The summed E-state index contributed by atoms with van der Waals surface area (Å²) in [7, 11) is 0. The summed E-state index contributed by atoms with van der Waals surface area (Å²) in [6.45, 7) is 3.99. The molecule has 0 N–H and O–H groups in total. The summed E-state index contributed by atoms with van der Waals surface area (Å²) < 4.78 is 0. The molecule has 1 atom stereocenters. The molecule has 0 saturated carbocycles. The first-order valence-electron chi connectivity index (χ1n) is 3.49. The van der Waals surface area contributed by atoms with E-state index in [1.54, 1.807) is 0 Å². The topological polar surface area (TPSA) is 17.1 Å². The summed E-state index contributed by atoms with van der Waals surface area (Å²) in [4.78, 5) is 10.5. The van der Waals surface area contributed by atoms with E-state index in [2.05, 4.69) is 6.08 Å². The first kappa shape index (κ1) is 7.26. The zero-order valence-electron chi connectivity index (χ0n) is 6.42. The Hall–Kier alpha value is -0.850. The van der Waals surface area contributed by atoms with Crippen LogP contribution in [0.3, 0.4) is 0 Å². The van der Waals surface area contributed by atoms with Gasteiger partial charge in [0.1, 0.15) is 6.29 Å². The molecule has 1 unspecified atom stereocenters. The molecule has 54 valence electrons. The molecule has 1 nitrogen and oxygen atoms in total. The molecule has 1 aliphatic rings. The molecule has 0 aromatic heterocycles. The van der Waals surface area contributed by atoms with Gasteiger partial charge in [-0.05, 0) is 20.3 Å². The van der Waals surface area contributed by atoms with Crippen LogP contribution in [0.5, 0.6) is 0 Å². The number of hydrogen-bond acceptors (Lipinski definition) is 1. The molecule has 10 heavy (non-hydrogen) atoms. The Labute approximate surface area is 61.4 Å². The van der Waals surface area contributed by atoms with Crippen molar-refractivity contribution in [2.24, 2.45) is 5.41 Å². The molecular weight excluding hydrogens is 124 g/mol. The maximum atomic E-state index is 10.5. The fourth-order valence-electron chi connectivity index (χ4n) is 0.926. The predicted molar refractivity (Wildman–Crippen MR) is 41.7 cm³/mol. The summed E-state index contributed by atoms with van der Waals surface area (Å²) >= 11 is 0. The summed E-state index contributed by atoms with van der Waals surface area (Å²) in [5.74, 6) is 0. The van der Waals surface area contributed by atoms with Crippen molar-refractivity contribution in [3.63, 3.8) is 0 Å². The van der Waals surface area contributed by atoms with Crippen LogP contribution in [0.2, 0.25) is 0 Å². The third-order valence-corrected chi connectivity index (χ3v) is 1.86. The summed E-state index contributed by atoms with van der Waals surface area (Å²) in [6.07, 6.45) is 7.91. The van der Waals surface area contributed by atoms with Crippen molar-refractivity contribution in [2.45, 2.75) is 20.3 Å². The molecule has 1 heteroatoms. The van der Waals surface area contributed by atoms with E-state index >= 15 is 0 Å². The Morgan fingerprint density at radius 1 is 1.70 bits per heavy atom. The van der Waals surface area contributed by atoms with Gasteiger partial charge in [-0.2, -0.15) is 0 Å². The fraction of sp³-hybridized carbons (Fsp3) is 0.444. The first-order valence-corrected chi connectivity index (χ1v) is 3.49. The molecule has 0 bridgehead atoms. The van der Waals surface area contributed by atoms with Crippen molar-refractivity contribution in [2.75, 3.05) is 0 Å². The van der Waals surface area contributed by atoms with Crippen LogP contribution >= 0.6 is 0 Å². The number of carbonyl (C=O) groups excluding carboxylic acids is 1. The molecule has 0 radical (unpaired) electrons. The van der Waals surface area contributed by atoms with Gasteiger partial charge < -0.3 is 4.79 Å². The van der Waals surface area contributed by atoms with Crippen LogP contribution < -0.4 is 0 Å². The van der Waals surface area contributed by atoms with Crippen molar-refractivity contribution < 1.29 is 4.79 Å². The summed E-state index contributed by atoms with van der Waals surface area (Å²) in [5, 5.41) is 0. The van der Waals surface area contributed by atoms with Crippen LogP contribution in [-0.2, 0) is 4.79 Å². The minimum atomic E-state index is -0.237. The zero-order chi connectivity index (χ0) is 7.61. The largest absolute Gasteiger partial charge is 0.302 e. The molecule has 0 aromatic rings. The number of hydrogen-bond donors (Lipinski definition) is 0. The highest BCUT2D eigenvalue weighted by Gasteiger charge is 2.19. The van der Waals surface area contributed by atoms with E-state index in [-0.39, 0.29) is 5.41 Å². The molecule has 1 aliphatic carbocycles. The SMILES string of the molecule is CC1=CCC(C)(C=O)C=C1. The van der Waals surface area contributed by atoms with Gasteiger partial charge in [0.2, 0.25) is 0 Å². The minimum Gasteiger partial charge on any atom is -0.302 e. The second-order valence-corrected chi connectivity index (χ2v) is 3.11. The highest BCUT2D eigenvalue weighted by molar-refractivity contribution is 5.63. The van der Waals surface area contributed by atoms with Crippen LogP contribution in [0, 0.1) is 5.41 Å². The molecule has 0 spiro atoms. The molecule has 0 heterocycles. The Balaban J connectivity index is 2.76. The highest BCUT2D eigenvalue weighted by atomic mass is 16.1. The number of aldehydes is 1. The second kappa shape index (κ2) is 2.41. The zero-order valence-corrected chi connectivity index (χ0v) is 6.42. The first-order chi connectivity index (χ1) is 4.66. The van der Waals surface area contributed by atoms with Gasteiger partial charge in [-0.3, -0.25) is 0 Å². The van der Waals surface area contributed by atoms with Crippen molar-refractivity contribution in [1.29, 1.82) is 0 Å². The standard InChI is InChI=1S/C9H12O/c1-8-3-5-9(2,7-10)6-4-8/h3-5,7H,6H2,1-2H3. The summed E-state index contributed by atoms with van der Waals surface area (Å²) in [6, 6.07) is 0. The van der Waals surface area contributed by atoms with Gasteiger partial charge in [-0.15, -0.1) is 0 Å². The van der Waals surface area contributed by atoms with E-state index in [1.807, 2.05) is 26.0 Å². The van der Waals surface area contributed by atoms with Crippen LogP contribution in [0.1, 0.15) is 20.3 Å². The molecule has 0 saturated heterocycles. The van der Waals surface area contributed by atoms with Crippen molar-refractivity contribution in [3.05, 3.63) is 23.8 Å². The molecular formula is C9H12O. The van der Waals surface area contributed by atoms with E-state index in [0.29, 0.717) is 0 Å². The minimum absolute atomic E-state index is 0.237. The Bertz CT molecular complexity index is 201. The van der Waals surface area contributed by atoms with Gasteiger partial charge in [0, 0.05) is 5.41 Å². The number of allylic oxidation sites excluding steroid dienone is 4. The van der Waals surface area contributed by atoms with Gasteiger partial charge in [0.25, 0.3) is 0 Å². The lowest BCUT2D eigenvalue weighted by Crippen LogP contribution is -2.15. The van der Waals surface area contributed by atoms with Crippen molar-refractivity contribution >= 4 is 6.29 Å². The van der Waals surface area contributed by atoms with Gasteiger partial charge in [0.05, 0.1) is 0 Å². The maximum Gasteiger partial charge on any atom is 0.129 e. The van der Waals surface area contributed by atoms with Crippen LogP contribution in [-0.4, -0.2) is 6.29 Å². The van der Waals surface area contributed by atoms with E-state index < -0.39 is 0 Å². The van der Waals surface area contributed by atoms with E-state index in [0.717, 1.165) is 12.7 Å². The Morgan fingerprint density at radius 3 is 2.80 bits per heavy atom. The van der Waals surface area contributed by atoms with Crippen LogP contribution in [0.4, 0.5) is 0 Å². The van der Waals surface area contributed by atoms with Crippen molar-refractivity contribution in [3.8, 4) is 0 Å². The van der Waals surface area contributed by atoms with E-state index in [9.17, 15) is 4.79 Å². The third kappa shape index (κ3) is 1.35. The lowest BCUT2D eigenvalue weighted by molar-refractivity contribution is -0.113. The Morgan fingerprint density at radius 2 is 2.40 bits per heavy atom. The van der Waals surface area contributed by atoms with E-state index in [4.69, 9.17) is 0 Å². The van der Waals surface area contributed by atoms with Gasteiger partial charge in [-0.1, -0.05) is 23.8 Å². The molecule has 0 aliphatic heterocycles. The molecule has 0 fully saturated rings. The quantitative estimate of drug-likeness (QED) is 0.504. The van der Waals surface area contributed by atoms with Crippen LogP contribution in [0.25, 0.3) is 0 Å². The van der Waals surface area contributed by atoms with Gasteiger partial charge in [0.15, 0.2) is 0 Å². The highest BCUT2D eigenvalue weighted by Crippen LogP contribution is 2.26. The maximum absolute atomic E-state index is 10.5. The molecule has 0 aromatic carbocycles. The average Bonchev–Trinajstić information content (AvgIpc) is 1.96. The lowest BCUT2D eigenvalue weighted by Gasteiger charge is -2.19. The Kier molecular flexibility index (Phi) is 1.75. The van der Waals surface area contributed by atoms with Crippen LogP contribution in [0.15, 0.2) is 23.8 Å². The predicted octanol–water partition coefficient (Wildman–Crippen LogP) is 2.10. The average molecular weight is 136 g/mol. The number of rotatable bonds is 1. The molecule has 0 amide bonds. The van der Waals surface area contributed by atoms with Gasteiger partial charge in [-0.25, -0.2) is 0 Å². The number of carbonyl (C=O) groups is 1.